The number of alkyl halides is 1. The van der Waals surface area contributed by atoms with Gasteiger partial charge in [-0.15, -0.1) is 11.6 Å². The third kappa shape index (κ3) is 90.3. The monoisotopic (exact) mass is 960 g/mol. The number of morpholine rings is 1. The zero-order valence-electron chi connectivity index (χ0n) is 42.6. The van der Waals surface area contributed by atoms with E-state index in [-0.39, 0.29) is 61.3 Å². The van der Waals surface area contributed by atoms with Gasteiger partial charge in [0.05, 0.1) is 50.4 Å². The van der Waals surface area contributed by atoms with E-state index in [0.717, 1.165) is 97.3 Å². The van der Waals surface area contributed by atoms with E-state index in [4.69, 9.17) is 40.1 Å². The van der Waals surface area contributed by atoms with E-state index in [1.54, 1.807) is 27.0 Å². The van der Waals surface area contributed by atoms with Crippen LogP contribution >= 0.6 is 11.6 Å². The number of nitrogens with one attached hydrogen (secondary N) is 2. The van der Waals surface area contributed by atoms with E-state index >= 15 is 0 Å². The molecule has 3 heterocycles. The number of rotatable bonds is 14. The molecule has 404 valence electrons. The zero-order chi connectivity index (χ0) is 46.2. The van der Waals surface area contributed by atoms with Crippen molar-refractivity contribution < 1.29 is 28.5 Å². The summed E-state index contributed by atoms with van der Waals surface area (Å²) in [5.74, 6) is 1.01. The van der Waals surface area contributed by atoms with Gasteiger partial charge < -0.3 is 39.1 Å². The summed E-state index contributed by atoms with van der Waals surface area (Å²) in [6.07, 6.45) is 10.1. The molecule has 9 nitrogen and oxygen atoms in total. The van der Waals surface area contributed by atoms with Crippen LogP contribution in [0.2, 0.25) is 0 Å². The minimum absolute atomic E-state index is 0. The summed E-state index contributed by atoms with van der Waals surface area (Å²) in [4.78, 5) is 2.44. The van der Waals surface area contributed by atoms with Crippen LogP contribution in [0.15, 0.2) is 22.8 Å². The molecule has 2 fully saturated rings. The van der Waals surface area contributed by atoms with E-state index in [0.29, 0.717) is 16.2 Å². The molecule has 65 heavy (non-hydrogen) atoms. The molecule has 0 unspecified atom stereocenters. The third-order valence-electron chi connectivity index (χ3n) is 7.75. The van der Waals surface area contributed by atoms with Crippen LogP contribution in [0, 0.1) is 16.2 Å². The van der Waals surface area contributed by atoms with E-state index in [9.17, 15) is 0 Å². The summed E-state index contributed by atoms with van der Waals surface area (Å²) >= 11 is 5.53. The van der Waals surface area contributed by atoms with Gasteiger partial charge in [0.1, 0.15) is 5.76 Å². The summed E-state index contributed by atoms with van der Waals surface area (Å²) < 4.78 is 26.7. The molecule has 1 aromatic rings. The number of hydrogen-bond donors (Lipinski definition) is 3. The lowest BCUT2D eigenvalue weighted by atomic mass is 9.90. The molecular formula is C55H126ClN3O6. The van der Waals surface area contributed by atoms with E-state index in [1.165, 1.54) is 32.2 Å². The number of halogens is 1. The predicted molar refractivity (Wildman–Crippen MR) is 296 cm³/mol. The Kier molecular flexibility index (Phi) is 59.2. The Morgan fingerprint density at radius 2 is 1.08 bits per heavy atom. The van der Waals surface area contributed by atoms with Crippen molar-refractivity contribution in [3.05, 3.63) is 24.2 Å². The highest BCUT2D eigenvalue weighted by Crippen LogP contribution is 2.24. The maximum Gasteiger partial charge on any atom is 0.157 e. The second-order valence-electron chi connectivity index (χ2n) is 22.2. The first kappa shape index (κ1) is 84.2. The molecule has 0 bridgehead atoms. The molecule has 2 aliphatic heterocycles. The van der Waals surface area contributed by atoms with Gasteiger partial charge in [-0.2, -0.15) is 0 Å². The number of furan rings is 1. The van der Waals surface area contributed by atoms with Crippen LogP contribution < -0.4 is 10.6 Å². The maximum atomic E-state index is 8.52. The molecule has 10 heteroatoms. The highest BCUT2D eigenvalue weighted by atomic mass is 35.5. The molecule has 0 atom stereocenters. The molecule has 3 N–H and O–H groups in total. The molecule has 0 spiro atoms. The summed E-state index contributed by atoms with van der Waals surface area (Å²) in [6, 6.07) is 3.92. The molecule has 0 aromatic carbocycles. The minimum Gasteiger partial charge on any atom is -0.468 e. The average molecular weight is 961 g/mol. The number of hydrogen-bond acceptors (Lipinski definition) is 9. The normalized spacial score (nSPS) is 14.3. The third-order valence-corrected chi connectivity index (χ3v) is 7.75. The van der Waals surface area contributed by atoms with Gasteiger partial charge in [-0.1, -0.05) is 107 Å². The van der Waals surface area contributed by atoms with Gasteiger partial charge in [0.15, 0.2) is 6.29 Å². The fourth-order valence-corrected chi connectivity index (χ4v) is 4.99. The van der Waals surface area contributed by atoms with E-state index in [2.05, 4.69) is 98.6 Å². The second-order valence-corrected chi connectivity index (χ2v) is 23.3. The number of nitrogens with zero attached hydrogens (tertiary/aromatic N) is 1. The molecule has 0 saturated carbocycles. The van der Waals surface area contributed by atoms with Gasteiger partial charge in [0, 0.05) is 37.7 Å². The minimum atomic E-state index is -0.500. The quantitative estimate of drug-likeness (QED) is 0.124. The van der Waals surface area contributed by atoms with Crippen LogP contribution in [-0.2, 0) is 25.5 Å². The van der Waals surface area contributed by atoms with Crippen molar-refractivity contribution in [2.75, 3.05) is 72.3 Å². The summed E-state index contributed by atoms with van der Waals surface area (Å²) in [6.45, 7) is 51.6. The fraction of sp³-hybridized carbons (Fsp3) is 0.927. The van der Waals surface area contributed by atoms with Crippen molar-refractivity contribution in [2.45, 2.75) is 250 Å². The van der Waals surface area contributed by atoms with Gasteiger partial charge in [-0.3, -0.25) is 4.90 Å². The number of aliphatic hydroxyl groups is 1. The lowest BCUT2D eigenvalue weighted by Gasteiger charge is -2.26. The Morgan fingerprint density at radius 1 is 0.662 bits per heavy atom. The maximum absolute atomic E-state index is 8.52. The Morgan fingerprint density at radius 3 is 1.42 bits per heavy atom. The van der Waals surface area contributed by atoms with Crippen LogP contribution in [0.3, 0.4) is 0 Å². The van der Waals surface area contributed by atoms with Gasteiger partial charge in [-0.05, 0) is 156 Å². The summed E-state index contributed by atoms with van der Waals surface area (Å²) in [7, 11) is 0. The summed E-state index contributed by atoms with van der Waals surface area (Å²) in [5, 5.41) is 15.4. The SMILES string of the molecule is C.C.C.C.C.C.CC(C)(C)CCC1OCCCO1.CC(C)(C)CCCNCCN1CCOCC1.CC(C)(C)CCCNCc1ccco1.CC(C)(C)Cl.CC(C)(C)O.CCOC(C)(C)C. The lowest BCUT2D eigenvalue weighted by Crippen LogP contribution is -2.40. The molecule has 2 saturated heterocycles. The van der Waals surface area contributed by atoms with Crippen LogP contribution in [0.5, 0.6) is 0 Å². The van der Waals surface area contributed by atoms with Crippen LogP contribution in [-0.4, -0.2) is 105 Å². The Bertz CT molecular complexity index is 995. The van der Waals surface area contributed by atoms with E-state index in [1.807, 2.05) is 39.8 Å². The van der Waals surface area contributed by atoms with Crippen molar-refractivity contribution in [3.63, 3.8) is 0 Å². The van der Waals surface area contributed by atoms with Gasteiger partial charge >= 0.3 is 0 Å². The average Bonchev–Trinajstić information content (AvgIpc) is 3.58. The highest BCUT2D eigenvalue weighted by Gasteiger charge is 2.18. The van der Waals surface area contributed by atoms with E-state index < -0.39 is 5.60 Å². The molecule has 0 radical (unpaired) electrons. The first-order valence-corrected chi connectivity index (χ1v) is 23.2. The predicted octanol–water partition coefficient (Wildman–Crippen LogP) is 15.9. The van der Waals surface area contributed by atoms with Crippen LogP contribution in [0.1, 0.15) is 227 Å². The molecule has 0 aliphatic carbocycles. The van der Waals surface area contributed by atoms with Crippen LogP contribution in [0.25, 0.3) is 0 Å². The number of ether oxygens (including phenoxy) is 4. The van der Waals surface area contributed by atoms with Crippen molar-refractivity contribution in [1.82, 2.24) is 15.5 Å². The first-order chi connectivity index (χ1) is 26.8. The second kappa shape index (κ2) is 45.7. The largest absolute Gasteiger partial charge is 0.468 e. The molecule has 2 aliphatic rings. The molecule has 1 aromatic heterocycles. The van der Waals surface area contributed by atoms with Gasteiger partial charge in [-0.25, -0.2) is 0 Å². The Hall–Kier alpha value is -0.750. The lowest BCUT2D eigenvalue weighted by molar-refractivity contribution is -0.183. The Labute approximate surface area is 416 Å². The van der Waals surface area contributed by atoms with Gasteiger partial charge in [0.25, 0.3) is 0 Å². The van der Waals surface area contributed by atoms with Crippen LogP contribution in [0.4, 0.5) is 0 Å². The molecular weight excluding hydrogens is 834 g/mol. The molecule has 3 rings (SSSR count). The standard InChI is InChI=1S/C13H28N2O.C12H21NO.C10H20O2.C6H14O.C4H9Cl.C4H10O.6CH4/c1-13(2,3)5-4-6-14-7-8-15-9-11-16-12-10-15;1-12(2,3)7-5-8-13-10-11-6-4-9-14-11;1-10(2,3)6-5-9-11-7-4-8-12-9;1-5-7-6(2,3)4;2*1-4(2,3)5;;;;;;/h14H,4-12H2,1-3H3;4,6,9,13H,5,7-8,10H2,1-3H3;9H,4-8H2,1-3H3;5H2,1-4H3;1-3H3;5H,1-3H3;6*1H4. The highest BCUT2D eigenvalue weighted by molar-refractivity contribution is 6.23. The smallest absolute Gasteiger partial charge is 0.157 e. The van der Waals surface area contributed by atoms with Crippen molar-refractivity contribution in [3.8, 4) is 0 Å². The molecule has 0 amide bonds. The topological polar surface area (TPSA) is 97.6 Å². The first-order valence-electron chi connectivity index (χ1n) is 22.8. The van der Waals surface area contributed by atoms with Gasteiger partial charge in [0.2, 0.25) is 0 Å². The van der Waals surface area contributed by atoms with Crippen molar-refractivity contribution in [2.24, 2.45) is 16.2 Å². The van der Waals surface area contributed by atoms with Crippen molar-refractivity contribution in [1.29, 1.82) is 0 Å². The Balaban J connectivity index is -0.0000000851. The summed E-state index contributed by atoms with van der Waals surface area (Å²) in [5.41, 5.74) is 0.872. The fourth-order valence-electron chi connectivity index (χ4n) is 4.99. The zero-order valence-corrected chi connectivity index (χ0v) is 43.3. The van der Waals surface area contributed by atoms with Crippen molar-refractivity contribution >= 4 is 11.6 Å².